The van der Waals surface area contributed by atoms with Gasteiger partial charge in [0.2, 0.25) is 5.13 Å². The van der Waals surface area contributed by atoms with Crippen LogP contribution in [0.1, 0.15) is 18.7 Å². The van der Waals surface area contributed by atoms with Crippen molar-refractivity contribution >= 4 is 61.4 Å². The van der Waals surface area contributed by atoms with E-state index in [0.29, 0.717) is 22.0 Å². The number of hydrogen-bond donors (Lipinski definition) is 2. The monoisotopic (exact) mass is 491 g/mol. The minimum absolute atomic E-state index is 0.136. The minimum Gasteiger partial charge on any atom is -0.376 e. The molecule has 1 fully saturated rings. The van der Waals surface area contributed by atoms with Crippen molar-refractivity contribution in [2.24, 2.45) is 0 Å². The van der Waals surface area contributed by atoms with Gasteiger partial charge in [-0.3, -0.25) is 4.79 Å². The number of aromatic amines is 1. The van der Waals surface area contributed by atoms with Crippen molar-refractivity contribution in [2.75, 3.05) is 18.5 Å². The van der Waals surface area contributed by atoms with Gasteiger partial charge in [0.1, 0.15) is 10.7 Å². The quantitative estimate of drug-likeness (QED) is 0.350. The maximum Gasteiger partial charge on any atom is 0.260 e. The van der Waals surface area contributed by atoms with Gasteiger partial charge in [-0.2, -0.15) is 0 Å². The zero-order valence-corrected chi connectivity index (χ0v) is 19.5. The first-order chi connectivity index (χ1) is 15.2. The highest BCUT2D eigenvalue weighted by atomic mass is 35.5. The lowest BCUT2D eigenvalue weighted by molar-refractivity contribution is 0.120. The largest absolute Gasteiger partial charge is 0.376 e. The normalized spacial score (nSPS) is 16.2. The molecular formula is C20H18ClN5O2S3. The molecular weight excluding hydrogens is 474 g/mol. The molecule has 0 bridgehead atoms. The second-order valence-corrected chi connectivity index (χ2v) is 10.5. The van der Waals surface area contributed by atoms with E-state index in [4.69, 9.17) is 16.3 Å². The third-order valence-corrected chi connectivity index (χ3v) is 8.04. The van der Waals surface area contributed by atoms with Gasteiger partial charge in [0.05, 0.1) is 17.2 Å². The van der Waals surface area contributed by atoms with Crippen LogP contribution in [0.25, 0.3) is 21.3 Å². The topological polar surface area (TPSA) is 92.8 Å². The van der Waals surface area contributed by atoms with Crippen LogP contribution >= 0.6 is 46.0 Å². The lowest BCUT2D eigenvalue weighted by Crippen LogP contribution is -2.18. The smallest absolute Gasteiger partial charge is 0.260 e. The molecule has 0 aliphatic carbocycles. The Morgan fingerprint density at radius 3 is 2.97 bits per heavy atom. The van der Waals surface area contributed by atoms with Crippen LogP contribution in [0.2, 0.25) is 5.02 Å². The van der Waals surface area contributed by atoms with Crippen molar-refractivity contribution in [3.63, 3.8) is 0 Å². The molecule has 3 aromatic heterocycles. The van der Waals surface area contributed by atoms with E-state index < -0.39 is 0 Å². The molecule has 4 aromatic rings. The number of anilines is 1. The van der Waals surface area contributed by atoms with Gasteiger partial charge >= 0.3 is 0 Å². The van der Waals surface area contributed by atoms with Crippen molar-refractivity contribution < 1.29 is 4.74 Å². The number of nitrogens with one attached hydrogen (secondary N) is 2. The van der Waals surface area contributed by atoms with E-state index in [1.807, 2.05) is 29.6 Å². The summed E-state index contributed by atoms with van der Waals surface area (Å²) in [4.78, 5) is 21.1. The Morgan fingerprint density at radius 1 is 1.29 bits per heavy atom. The molecule has 1 saturated heterocycles. The summed E-state index contributed by atoms with van der Waals surface area (Å²) < 4.78 is 6.43. The number of fused-ring (bicyclic) bond motifs is 1. The van der Waals surface area contributed by atoms with Crippen molar-refractivity contribution in [3.05, 3.63) is 50.8 Å². The fourth-order valence-corrected chi connectivity index (χ4v) is 6.10. The van der Waals surface area contributed by atoms with E-state index in [9.17, 15) is 4.79 Å². The molecule has 31 heavy (non-hydrogen) atoms. The molecule has 5 rings (SSSR count). The molecule has 2 N–H and O–H groups in total. The molecule has 0 unspecified atom stereocenters. The van der Waals surface area contributed by atoms with Crippen LogP contribution < -0.4 is 10.9 Å². The van der Waals surface area contributed by atoms with Gasteiger partial charge in [0, 0.05) is 29.1 Å². The van der Waals surface area contributed by atoms with Gasteiger partial charge in [0.15, 0.2) is 4.34 Å². The molecule has 1 aromatic carbocycles. The summed E-state index contributed by atoms with van der Waals surface area (Å²) in [6.07, 6.45) is 2.45. The Balaban J connectivity index is 1.27. The van der Waals surface area contributed by atoms with Crippen molar-refractivity contribution in [2.45, 2.75) is 29.0 Å². The van der Waals surface area contributed by atoms with E-state index in [1.54, 1.807) is 0 Å². The highest BCUT2D eigenvalue weighted by Gasteiger charge is 2.16. The first-order valence-corrected chi connectivity index (χ1v) is 12.8. The van der Waals surface area contributed by atoms with Gasteiger partial charge in [-0.1, -0.05) is 46.8 Å². The Kier molecular flexibility index (Phi) is 6.24. The number of ether oxygens (including phenoxy) is 1. The summed E-state index contributed by atoms with van der Waals surface area (Å²) in [5, 5.41) is 15.7. The van der Waals surface area contributed by atoms with Gasteiger partial charge in [-0.05, 0) is 30.5 Å². The Hall–Kier alpha value is -1.98. The molecule has 7 nitrogen and oxygen atoms in total. The highest BCUT2D eigenvalue weighted by molar-refractivity contribution is 8.00. The van der Waals surface area contributed by atoms with Crippen molar-refractivity contribution in [1.82, 2.24) is 20.2 Å². The molecule has 1 atom stereocenters. The molecule has 1 aliphatic rings. The van der Waals surface area contributed by atoms with E-state index in [2.05, 4.69) is 25.5 Å². The lowest BCUT2D eigenvalue weighted by atomic mass is 10.1. The number of aromatic nitrogens is 4. The van der Waals surface area contributed by atoms with Crippen molar-refractivity contribution in [1.29, 1.82) is 0 Å². The van der Waals surface area contributed by atoms with Gasteiger partial charge in [-0.25, -0.2) is 4.98 Å². The Bertz CT molecular complexity index is 1250. The van der Waals surface area contributed by atoms with Crippen LogP contribution in [0.4, 0.5) is 5.13 Å². The molecule has 4 heterocycles. The number of hydrogen-bond acceptors (Lipinski definition) is 9. The molecule has 1 aliphatic heterocycles. The summed E-state index contributed by atoms with van der Waals surface area (Å²) in [5.74, 6) is 1.13. The van der Waals surface area contributed by atoms with Gasteiger partial charge in [0.25, 0.3) is 5.56 Å². The highest BCUT2D eigenvalue weighted by Crippen LogP contribution is 2.32. The third-order valence-electron chi connectivity index (χ3n) is 4.89. The predicted molar refractivity (Wildman–Crippen MR) is 128 cm³/mol. The second-order valence-electron chi connectivity index (χ2n) is 7.03. The SMILES string of the molecule is O=c1[nH]c(CSc2nnc(NC[C@@H]3CCCO3)s2)nc2scc(-c3ccc(Cl)cc3)c12. The number of thioether (sulfide) groups is 1. The van der Waals surface area contributed by atoms with Crippen LogP contribution in [0.15, 0.2) is 38.8 Å². The number of H-pyrrole nitrogens is 1. The molecule has 0 saturated carbocycles. The number of halogens is 1. The maximum atomic E-state index is 12.8. The predicted octanol–water partition coefficient (Wildman–Crippen LogP) is 5.04. The van der Waals surface area contributed by atoms with Crippen LogP contribution in [0.3, 0.4) is 0 Å². The summed E-state index contributed by atoms with van der Waals surface area (Å²) in [5.41, 5.74) is 1.68. The molecule has 0 radical (unpaired) electrons. The fourth-order valence-electron chi connectivity index (χ4n) is 3.38. The Labute approximate surface area is 195 Å². The van der Waals surface area contributed by atoms with Crippen LogP contribution in [0, 0.1) is 0 Å². The maximum absolute atomic E-state index is 12.8. The average Bonchev–Trinajstić information content (AvgIpc) is 3.52. The zero-order valence-electron chi connectivity index (χ0n) is 16.3. The van der Waals surface area contributed by atoms with Crippen LogP contribution in [-0.4, -0.2) is 39.4 Å². The number of thiophene rings is 1. The van der Waals surface area contributed by atoms with E-state index in [0.717, 1.165) is 51.4 Å². The third kappa shape index (κ3) is 4.78. The van der Waals surface area contributed by atoms with Crippen LogP contribution in [-0.2, 0) is 10.5 Å². The lowest BCUT2D eigenvalue weighted by Gasteiger charge is -2.08. The average molecular weight is 492 g/mol. The first kappa shape index (κ1) is 20.9. The fraction of sp³-hybridized carbons (Fsp3) is 0.300. The minimum atomic E-state index is -0.136. The molecule has 11 heteroatoms. The van der Waals surface area contributed by atoms with E-state index >= 15 is 0 Å². The van der Waals surface area contributed by atoms with Crippen molar-refractivity contribution in [3.8, 4) is 11.1 Å². The summed E-state index contributed by atoms with van der Waals surface area (Å²) >= 11 is 10.4. The molecule has 0 spiro atoms. The van der Waals surface area contributed by atoms with E-state index in [1.165, 1.54) is 34.4 Å². The standard InChI is InChI=1S/C20H18ClN5O2S3/c21-12-5-3-11(4-6-12)14-9-29-18-16(14)17(27)23-15(24-18)10-30-20-26-25-19(31-20)22-8-13-2-1-7-28-13/h3-6,9,13H,1-2,7-8,10H2,(H,22,25)(H,23,24,27)/t13-/m0/s1. The second kappa shape index (κ2) is 9.25. The van der Waals surface area contributed by atoms with Gasteiger partial charge < -0.3 is 15.0 Å². The summed E-state index contributed by atoms with van der Waals surface area (Å²) in [7, 11) is 0. The first-order valence-electron chi connectivity index (χ1n) is 9.74. The number of rotatable bonds is 7. The molecule has 160 valence electrons. The van der Waals surface area contributed by atoms with Gasteiger partial charge in [-0.15, -0.1) is 21.5 Å². The summed E-state index contributed by atoms with van der Waals surface area (Å²) in [6, 6.07) is 7.46. The van der Waals surface area contributed by atoms with Crippen LogP contribution in [0.5, 0.6) is 0 Å². The zero-order chi connectivity index (χ0) is 21.2. The van der Waals surface area contributed by atoms with E-state index in [-0.39, 0.29) is 11.7 Å². The Morgan fingerprint density at radius 2 is 2.16 bits per heavy atom. The molecule has 0 amide bonds. The number of benzene rings is 1. The number of nitrogens with zero attached hydrogens (tertiary/aromatic N) is 3. The summed E-state index contributed by atoms with van der Waals surface area (Å²) in [6.45, 7) is 1.59.